The molecule has 1 saturated heterocycles. The Morgan fingerprint density at radius 3 is 2.42 bits per heavy atom. The van der Waals surface area contributed by atoms with Crippen LogP contribution in [-0.4, -0.2) is 49.1 Å². The lowest BCUT2D eigenvalue weighted by atomic mass is 10.1. The minimum absolute atomic E-state index is 0.0548. The third-order valence-corrected chi connectivity index (χ3v) is 3.17. The quantitative estimate of drug-likeness (QED) is 0.592. The molecule has 2 N–H and O–H groups in total. The fourth-order valence-electron chi connectivity index (χ4n) is 2.37. The normalized spacial score (nSPS) is 19.5. The fourth-order valence-corrected chi connectivity index (χ4v) is 2.37. The molecule has 112 valence electrons. The first-order valence-electron chi connectivity index (χ1n) is 7.69. The van der Waals surface area contributed by atoms with E-state index >= 15 is 0 Å². The van der Waals surface area contributed by atoms with Gasteiger partial charge in [-0.15, -0.1) is 0 Å². The van der Waals surface area contributed by atoms with Crippen LogP contribution in [0.1, 0.15) is 47.5 Å². The van der Waals surface area contributed by atoms with Gasteiger partial charge in [0.2, 0.25) is 0 Å². The predicted octanol–water partition coefficient (Wildman–Crippen LogP) is 2.07. The van der Waals surface area contributed by atoms with Gasteiger partial charge in [0.05, 0.1) is 0 Å². The van der Waals surface area contributed by atoms with Crippen LogP contribution < -0.4 is 10.6 Å². The van der Waals surface area contributed by atoms with Crippen LogP contribution in [0.2, 0.25) is 0 Å². The van der Waals surface area contributed by atoms with Crippen molar-refractivity contribution in [2.75, 3.05) is 32.7 Å². The van der Waals surface area contributed by atoms with Gasteiger partial charge in [-0.1, -0.05) is 6.92 Å². The van der Waals surface area contributed by atoms with Gasteiger partial charge in [0, 0.05) is 25.2 Å². The molecule has 1 rings (SSSR count). The molecule has 1 fully saturated rings. The summed E-state index contributed by atoms with van der Waals surface area (Å²) in [6.45, 7) is 16.4. The van der Waals surface area contributed by atoms with E-state index < -0.39 is 0 Å². The zero-order chi connectivity index (χ0) is 14.3. The molecule has 0 aromatic rings. The molecule has 4 heteroatoms. The van der Waals surface area contributed by atoms with E-state index in [1.54, 1.807) is 0 Å². The first kappa shape index (κ1) is 16.3. The molecule has 0 aliphatic carbocycles. The van der Waals surface area contributed by atoms with E-state index in [9.17, 15) is 0 Å². The second-order valence-corrected chi connectivity index (χ2v) is 6.71. The first-order chi connectivity index (χ1) is 8.90. The molecule has 1 aliphatic heterocycles. The Hall–Kier alpha value is -0.770. The Kier molecular flexibility index (Phi) is 6.63. The largest absolute Gasteiger partial charge is 0.357 e. The molecule has 0 spiro atoms. The molecule has 1 heterocycles. The SMILES string of the molecule is CCNC(=NCC(C)CN1CCCC1)NC(C)(C)C. The number of rotatable bonds is 5. The van der Waals surface area contributed by atoms with Crippen LogP contribution in [0.15, 0.2) is 4.99 Å². The minimum Gasteiger partial charge on any atom is -0.357 e. The summed E-state index contributed by atoms with van der Waals surface area (Å²) in [5, 5.41) is 6.74. The standard InChI is InChI=1S/C15H32N4/c1-6-16-14(18-15(3,4)5)17-11-13(2)12-19-9-7-8-10-19/h13H,6-12H2,1-5H3,(H2,16,17,18). The van der Waals surface area contributed by atoms with Gasteiger partial charge < -0.3 is 15.5 Å². The third-order valence-electron chi connectivity index (χ3n) is 3.17. The van der Waals surface area contributed by atoms with Gasteiger partial charge >= 0.3 is 0 Å². The van der Waals surface area contributed by atoms with E-state index in [4.69, 9.17) is 4.99 Å². The van der Waals surface area contributed by atoms with E-state index in [0.29, 0.717) is 5.92 Å². The summed E-state index contributed by atoms with van der Waals surface area (Å²) < 4.78 is 0. The molecule has 0 aromatic heterocycles. The summed E-state index contributed by atoms with van der Waals surface area (Å²) in [5.74, 6) is 1.55. The second kappa shape index (κ2) is 7.73. The predicted molar refractivity (Wildman–Crippen MR) is 83.7 cm³/mol. The highest BCUT2D eigenvalue weighted by Crippen LogP contribution is 2.10. The Labute approximate surface area is 119 Å². The molecule has 0 aromatic carbocycles. The van der Waals surface area contributed by atoms with Crippen molar-refractivity contribution in [1.82, 2.24) is 15.5 Å². The highest BCUT2D eigenvalue weighted by molar-refractivity contribution is 5.80. The van der Waals surface area contributed by atoms with Crippen molar-refractivity contribution in [3.8, 4) is 0 Å². The monoisotopic (exact) mass is 268 g/mol. The summed E-state index contributed by atoms with van der Waals surface area (Å²) >= 11 is 0. The molecular weight excluding hydrogens is 236 g/mol. The number of hydrogen-bond acceptors (Lipinski definition) is 2. The lowest BCUT2D eigenvalue weighted by Crippen LogP contribution is -2.47. The van der Waals surface area contributed by atoms with Crippen LogP contribution >= 0.6 is 0 Å². The van der Waals surface area contributed by atoms with Crippen LogP contribution in [0.25, 0.3) is 0 Å². The zero-order valence-corrected chi connectivity index (χ0v) is 13.4. The molecule has 4 nitrogen and oxygen atoms in total. The summed E-state index contributed by atoms with van der Waals surface area (Å²) in [6.07, 6.45) is 2.73. The lowest BCUT2D eigenvalue weighted by Gasteiger charge is -2.24. The van der Waals surface area contributed by atoms with Crippen LogP contribution in [0, 0.1) is 5.92 Å². The average Bonchev–Trinajstić information content (AvgIpc) is 2.77. The number of nitrogens with one attached hydrogen (secondary N) is 2. The van der Waals surface area contributed by atoms with E-state index in [-0.39, 0.29) is 5.54 Å². The Balaban J connectivity index is 2.39. The number of guanidine groups is 1. The highest BCUT2D eigenvalue weighted by Gasteiger charge is 2.15. The van der Waals surface area contributed by atoms with Crippen molar-refractivity contribution in [3.05, 3.63) is 0 Å². The molecule has 0 saturated carbocycles. The van der Waals surface area contributed by atoms with Gasteiger partial charge in [-0.05, 0) is 59.5 Å². The molecular formula is C15H32N4. The molecule has 1 atom stereocenters. The van der Waals surface area contributed by atoms with Gasteiger partial charge in [-0.2, -0.15) is 0 Å². The van der Waals surface area contributed by atoms with E-state index in [1.165, 1.54) is 32.5 Å². The van der Waals surface area contributed by atoms with Gasteiger partial charge in [-0.3, -0.25) is 4.99 Å². The number of likely N-dealkylation sites (tertiary alicyclic amines) is 1. The number of hydrogen-bond donors (Lipinski definition) is 2. The van der Waals surface area contributed by atoms with Crippen molar-refractivity contribution >= 4 is 5.96 Å². The smallest absolute Gasteiger partial charge is 0.191 e. The summed E-state index contributed by atoms with van der Waals surface area (Å²) in [6, 6.07) is 0. The van der Waals surface area contributed by atoms with Crippen molar-refractivity contribution < 1.29 is 0 Å². The molecule has 1 aliphatic rings. The Morgan fingerprint density at radius 1 is 1.26 bits per heavy atom. The third kappa shape index (κ3) is 7.41. The topological polar surface area (TPSA) is 39.7 Å². The molecule has 0 bridgehead atoms. The molecule has 0 radical (unpaired) electrons. The van der Waals surface area contributed by atoms with E-state index in [0.717, 1.165) is 19.0 Å². The van der Waals surface area contributed by atoms with Crippen LogP contribution in [0.5, 0.6) is 0 Å². The van der Waals surface area contributed by atoms with Crippen LogP contribution in [-0.2, 0) is 0 Å². The van der Waals surface area contributed by atoms with Crippen molar-refractivity contribution in [2.24, 2.45) is 10.9 Å². The van der Waals surface area contributed by atoms with Gasteiger partial charge in [0.1, 0.15) is 0 Å². The molecule has 1 unspecified atom stereocenters. The van der Waals surface area contributed by atoms with Crippen molar-refractivity contribution in [2.45, 2.75) is 53.0 Å². The van der Waals surface area contributed by atoms with Crippen molar-refractivity contribution in [1.29, 1.82) is 0 Å². The summed E-state index contributed by atoms with van der Waals surface area (Å²) in [7, 11) is 0. The summed E-state index contributed by atoms with van der Waals surface area (Å²) in [4.78, 5) is 7.27. The molecule has 0 amide bonds. The maximum atomic E-state index is 4.71. The van der Waals surface area contributed by atoms with Gasteiger partial charge in [0.25, 0.3) is 0 Å². The van der Waals surface area contributed by atoms with Gasteiger partial charge in [-0.25, -0.2) is 0 Å². The van der Waals surface area contributed by atoms with Crippen LogP contribution in [0.3, 0.4) is 0 Å². The summed E-state index contributed by atoms with van der Waals surface area (Å²) in [5.41, 5.74) is 0.0548. The number of aliphatic imine (C=N–C) groups is 1. The zero-order valence-electron chi connectivity index (χ0n) is 13.4. The fraction of sp³-hybridized carbons (Fsp3) is 0.933. The maximum Gasteiger partial charge on any atom is 0.191 e. The van der Waals surface area contributed by atoms with Crippen LogP contribution in [0.4, 0.5) is 0 Å². The maximum absolute atomic E-state index is 4.71. The minimum atomic E-state index is 0.0548. The first-order valence-corrected chi connectivity index (χ1v) is 7.69. The van der Waals surface area contributed by atoms with Gasteiger partial charge in [0.15, 0.2) is 5.96 Å². The lowest BCUT2D eigenvalue weighted by molar-refractivity contribution is 0.291. The average molecular weight is 268 g/mol. The molecule has 19 heavy (non-hydrogen) atoms. The van der Waals surface area contributed by atoms with Crippen molar-refractivity contribution in [3.63, 3.8) is 0 Å². The van der Waals surface area contributed by atoms with E-state index in [2.05, 4.69) is 50.2 Å². The second-order valence-electron chi connectivity index (χ2n) is 6.71. The Bertz CT molecular complexity index is 274. The Morgan fingerprint density at radius 2 is 1.89 bits per heavy atom. The highest BCUT2D eigenvalue weighted by atomic mass is 15.2. The number of nitrogens with zero attached hydrogens (tertiary/aromatic N) is 2. The van der Waals surface area contributed by atoms with E-state index in [1.807, 2.05) is 0 Å².